The van der Waals surface area contributed by atoms with Gasteiger partial charge in [-0.25, -0.2) is 4.31 Å². The second kappa shape index (κ2) is 23.7. The molecule has 390 valence electrons. The number of rotatable bonds is 13. The fourth-order valence-electron chi connectivity index (χ4n) is 8.22. The van der Waals surface area contributed by atoms with Crippen LogP contribution in [0.5, 0.6) is 0 Å². The zero-order chi connectivity index (χ0) is 53.6. The Morgan fingerprint density at radius 1 is 0.426 bits per heavy atom. The zero-order valence-electron chi connectivity index (χ0n) is 44.6. The number of aryl methyl sites for hydroxylation is 1. The van der Waals surface area contributed by atoms with Gasteiger partial charge in [0.05, 0.1) is 56.6 Å². The summed E-state index contributed by atoms with van der Waals surface area (Å²) >= 11 is 0. The SMILES string of the molecule is CC(C)(C)c1ccc(C(O)(c2ccc(C(C)(C)C)cc2C(C)(C)C)C(CO)(CO)CO)c(C(C)(C)C)c1.Cc1cc(C(C)(C)C)c(C(O)C(CO)(CO)CO)c(C(C)(C)C)c1.OP(O)OP(O)O. The highest BCUT2D eigenvalue weighted by atomic mass is 31.2. The number of aliphatic hydroxyl groups excluding tert-OH is 7. The van der Waals surface area contributed by atoms with Gasteiger partial charge in [-0.2, -0.15) is 0 Å². The molecule has 0 aliphatic heterocycles. The van der Waals surface area contributed by atoms with E-state index in [1.54, 1.807) is 0 Å². The molecular formula is C53H90O13P2. The van der Waals surface area contributed by atoms with Crippen LogP contribution in [0.1, 0.15) is 186 Å². The molecular weight excluding hydrogens is 907 g/mol. The van der Waals surface area contributed by atoms with Gasteiger partial charge in [-0.15, -0.1) is 0 Å². The molecule has 0 saturated carbocycles. The first-order valence-corrected chi connectivity index (χ1v) is 25.5. The van der Waals surface area contributed by atoms with E-state index in [0.29, 0.717) is 16.7 Å². The Kier molecular flexibility index (Phi) is 22.3. The van der Waals surface area contributed by atoms with E-state index in [1.165, 1.54) is 0 Å². The van der Waals surface area contributed by atoms with Gasteiger partial charge < -0.3 is 60.4 Å². The summed E-state index contributed by atoms with van der Waals surface area (Å²) in [6.45, 7) is 36.7. The Morgan fingerprint density at radius 3 is 0.926 bits per heavy atom. The third kappa shape index (κ3) is 15.3. The maximum Gasteiger partial charge on any atom is 0.334 e. The molecule has 0 aliphatic rings. The van der Waals surface area contributed by atoms with Crippen LogP contribution in [0.2, 0.25) is 0 Å². The highest BCUT2D eigenvalue weighted by Crippen LogP contribution is 2.52. The molecule has 1 unspecified atom stereocenters. The Labute approximate surface area is 410 Å². The van der Waals surface area contributed by atoms with Crippen LogP contribution in [-0.4, -0.2) is 100 Å². The molecule has 0 radical (unpaired) electrons. The maximum atomic E-state index is 13.1. The van der Waals surface area contributed by atoms with E-state index in [0.717, 1.165) is 38.9 Å². The molecule has 12 N–H and O–H groups in total. The molecule has 0 aliphatic carbocycles. The second-order valence-electron chi connectivity index (χ2n) is 24.6. The van der Waals surface area contributed by atoms with Crippen molar-refractivity contribution in [3.05, 3.63) is 104 Å². The molecule has 0 bridgehead atoms. The molecule has 0 amide bonds. The van der Waals surface area contributed by atoms with Crippen molar-refractivity contribution >= 4 is 17.2 Å². The van der Waals surface area contributed by atoms with Gasteiger partial charge in [0.25, 0.3) is 0 Å². The average molecular weight is 997 g/mol. The number of hydrogen-bond donors (Lipinski definition) is 12. The van der Waals surface area contributed by atoms with Gasteiger partial charge in [0.15, 0.2) is 0 Å². The molecule has 3 aromatic rings. The summed E-state index contributed by atoms with van der Waals surface area (Å²) < 4.78 is 3.60. The van der Waals surface area contributed by atoms with Crippen molar-refractivity contribution in [1.29, 1.82) is 0 Å². The monoisotopic (exact) mass is 997 g/mol. The van der Waals surface area contributed by atoms with Crippen molar-refractivity contribution in [1.82, 2.24) is 0 Å². The topological polar surface area (TPSA) is 252 Å². The van der Waals surface area contributed by atoms with Crippen molar-refractivity contribution in [3.63, 3.8) is 0 Å². The summed E-state index contributed by atoms with van der Waals surface area (Å²) in [7, 11) is -5.22. The van der Waals surface area contributed by atoms with E-state index in [9.17, 15) is 40.9 Å². The molecule has 0 aromatic heterocycles. The van der Waals surface area contributed by atoms with Crippen LogP contribution in [0.25, 0.3) is 0 Å². The minimum absolute atomic E-state index is 0.108. The van der Waals surface area contributed by atoms with Crippen LogP contribution in [-0.2, 0) is 42.4 Å². The largest absolute Gasteiger partial charge is 0.395 e. The van der Waals surface area contributed by atoms with Gasteiger partial charge in [-0.05, 0) is 89.5 Å². The third-order valence-corrected chi connectivity index (χ3v) is 13.9. The van der Waals surface area contributed by atoms with Crippen molar-refractivity contribution in [2.75, 3.05) is 39.6 Å². The molecule has 0 heterocycles. The minimum Gasteiger partial charge on any atom is -0.395 e. The summed E-state index contributed by atoms with van der Waals surface area (Å²) in [4.78, 5) is 31.3. The van der Waals surface area contributed by atoms with Crippen molar-refractivity contribution in [2.24, 2.45) is 10.8 Å². The Balaban J connectivity index is 0.000000636. The fourth-order valence-corrected chi connectivity index (χ4v) is 8.74. The van der Waals surface area contributed by atoms with Crippen LogP contribution in [0.15, 0.2) is 48.5 Å². The van der Waals surface area contributed by atoms with E-state index in [1.807, 2.05) is 43.3 Å². The molecule has 3 aromatic carbocycles. The van der Waals surface area contributed by atoms with Crippen molar-refractivity contribution < 1.29 is 64.7 Å². The summed E-state index contributed by atoms with van der Waals surface area (Å²) in [5, 5.41) is 85.6. The average Bonchev–Trinajstić information content (AvgIpc) is 3.19. The van der Waals surface area contributed by atoms with E-state index in [-0.39, 0.29) is 32.5 Å². The molecule has 68 heavy (non-hydrogen) atoms. The lowest BCUT2D eigenvalue weighted by atomic mass is 9.60. The smallest absolute Gasteiger partial charge is 0.334 e. The van der Waals surface area contributed by atoms with Crippen molar-refractivity contribution in [2.45, 2.75) is 176 Å². The van der Waals surface area contributed by atoms with Gasteiger partial charge in [0.2, 0.25) is 0 Å². The second-order valence-corrected chi connectivity index (χ2v) is 26.3. The van der Waals surface area contributed by atoms with Gasteiger partial charge in [-0.1, -0.05) is 179 Å². The molecule has 1 atom stereocenters. The molecule has 3 rings (SSSR count). The normalized spacial score (nSPS) is 14.1. The van der Waals surface area contributed by atoms with Gasteiger partial charge in [-0.3, -0.25) is 0 Å². The summed E-state index contributed by atoms with van der Waals surface area (Å²) in [6.07, 6.45) is -1.17. The molecule has 0 fully saturated rings. The number of hydrogen-bond acceptors (Lipinski definition) is 13. The van der Waals surface area contributed by atoms with Crippen LogP contribution in [0.3, 0.4) is 0 Å². The quantitative estimate of drug-likeness (QED) is 0.0725. The molecule has 13 nitrogen and oxygen atoms in total. The Hall–Kier alpha value is -2.00. The number of aliphatic hydroxyl groups is 8. The molecule has 0 spiro atoms. The van der Waals surface area contributed by atoms with Crippen LogP contribution in [0.4, 0.5) is 0 Å². The lowest BCUT2D eigenvalue weighted by Crippen LogP contribution is -2.55. The summed E-state index contributed by atoms with van der Waals surface area (Å²) in [5.74, 6) is 0. The Morgan fingerprint density at radius 2 is 0.721 bits per heavy atom. The summed E-state index contributed by atoms with van der Waals surface area (Å²) in [5.41, 5.74) is 2.78. The Bertz CT molecular complexity index is 1920. The lowest BCUT2D eigenvalue weighted by molar-refractivity contribution is -0.137. The molecule has 0 saturated heterocycles. The van der Waals surface area contributed by atoms with Crippen LogP contribution in [0, 0.1) is 17.8 Å². The van der Waals surface area contributed by atoms with E-state index >= 15 is 0 Å². The maximum absolute atomic E-state index is 13.1. The zero-order valence-corrected chi connectivity index (χ0v) is 46.4. The van der Waals surface area contributed by atoms with E-state index < -0.39 is 79.4 Å². The highest BCUT2D eigenvalue weighted by molar-refractivity contribution is 7.53. The minimum atomic E-state index is -2.61. The van der Waals surface area contributed by atoms with Gasteiger partial charge in [0.1, 0.15) is 5.60 Å². The highest BCUT2D eigenvalue weighted by Gasteiger charge is 2.55. The predicted molar refractivity (Wildman–Crippen MR) is 275 cm³/mol. The van der Waals surface area contributed by atoms with Crippen molar-refractivity contribution in [3.8, 4) is 0 Å². The van der Waals surface area contributed by atoms with E-state index in [4.69, 9.17) is 19.6 Å². The van der Waals surface area contributed by atoms with E-state index in [2.05, 4.69) is 141 Å². The van der Waals surface area contributed by atoms with Crippen LogP contribution < -0.4 is 0 Å². The van der Waals surface area contributed by atoms with Gasteiger partial charge >= 0.3 is 17.2 Å². The number of benzene rings is 3. The van der Waals surface area contributed by atoms with Crippen LogP contribution >= 0.6 is 17.2 Å². The summed E-state index contributed by atoms with van der Waals surface area (Å²) in [6, 6.07) is 16.3. The first-order valence-electron chi connectivity index (χ1n) is 23.1. The third-order valence-electron chi connectivity index (χ3n) is 12.7. The lowest BCUT2D eigenvalue weighted by Gasteiger charge is -2.49. The first-order chi connectivity index (χ1) is 30.6. The standard InChI is InChI=1S/C33H52O4.C20H34O4.H4O5P2/c1-28(2,3)22-13-15-24(26(17-22)30(7,8)9)33(37,32(19-34,20-35)21-36)25-16-14-23(29(4,5)6)18-27(25)31(10,11)12;1-13-8-14(18(2,3)4)16(15(9-13)19(5,6)7)17(24)20(10-21,11-22)12-23;1-6(2)5-7(3)4/h13-18,34-37H,19-21H2,1-12H3;8-9,17,21-24H,10-12H2,1-7H3;1-4H. The predicted octanol–water partition coefficient (Wildman–Crippen LogP) is 8.09. The molecule has 15 heteroatoms. The first kappa shape index (κ1) is 64.0. The fraction of sp³-hybridized carbons (Fsp3) is 0.660. The van der Waals surface area contributed by atoms with Gasteiger partial charge in [0, 0.05) is 0 Å².